The van der Waals surface area contributed by atoms with E-state index in [2.05, 4.69) is 183 Å². The molecule has 0 amide bonds. The number of hydrogen-bond acceptors (Lipinski definition) is 1. The highest BCUT2D eigenvalue weighted by atomic mass is 16.3. The first-order valence-electron chi connectivity index (χ1n) is 21.0. The molecule has 288 valence electrons. The molecule has 1 nitrogen and oxygen atoms in total. The Kier molecular flexibility index (Phi) is 8.83. The van der Waals surface area contributed by atoms with Crippen LogP contribution in [0.15, 0.2) is 223 Å². The van der Waals surface area contributed by atoms with E-state index in [1.165, 1.54) is 88.0 Å². The van der Waals surface area contributed by atoms with Crippen molar-refractivity contribution >= 4 is 54.3 Å². The van der Waals surface area contributed by atoms with Crippen molar-refractivity contribution < 1.29 is 4.42 Å². The Morgan fingerprint density at radius 1 is 0.459 bits per heavy atom. The Morgan fingerprint density at radius 3 is 1.61 bits per heavy atom. The molecule has 0 atom stereocenters. The zero-order valence-electron chi connectivity index (χ0n) is 34.1. The van der Waals surface area contributed by atoms with Gasteiger partial charge in [0.15, 0.2) is 0 Å². The summed E-state index contributed by atoms with van der Waals surface area (Å²) in [6, 6.07) is 66.9. The second kappa shape index (κ2) is 14.8. The number of para-hydroxylation sites is 2. The summed E-state index contributed by atoms with van der Waals surface area (Å²) >= 11 is 0. The van der Waals surface area contributed by atoms with E-state index in [9.17, 15) is 0 Å². The minimum Gasteiger partial charge on any atom is -0.455 e. The van der Waals surface area contributed by atoms with Gasteiger partial charge in [-0.05, 0) is 113 Å². The number of allylic oxidation sites excluding steroid dienone is 4. The molecule has 0 fully saturated rings. The first kappa shape index (κ1) is 36.3. The maximum atomic E-state index is 6.37. The van der Waals surface area contributed by atoms with Crippen molar-refractivity contribution in [2.45, 2.75) is 13.3 Å². The third kappa shape index (κ3) is 6.17. The molecule has 0 spiro atoms. The van der Waals surface area contributed by atoms with Crippen LogP contribution in [-0.4, -0.2) is 0 Å². The Bertz CT molecular complexity index is 3520. The third-order valence-corrected chi connectivity index (χ3v) is 12.5. The summed E-state index contributed by atoms with van der Waals surface area (Å²) in [5, 5.41) is 10.1. The molecule has 1 heterocycles. The van der Waals surface area contributed by atoms with Crippen LogP contribution in [0.5, 0.6) is 0 Å². The van der Waals surface area contributed by atoms with E-state index in [4.69, 9.17) is 4.42 Å². The van der Waals surface area contributed by atoms with Crippen molar-refractivity contribution in [3.05, 3.63) is 230 Å². The van der Waals surface area contributed by atoms with Gasteiger partial charge in [0.2, 0.25) is 0 Å². The van der Waals surface area contributed by atoms with Gasteiger partial charge in [-0.3, -0.25) is 0 Å². The summed E-state index contributed by atoms with van der Waals surface area (Å²) in [7, 11) is 0. The van der Waals surface area contributed by atoms with Gasteiger partial charge in [-0.1, -0.05) is 213 Å². The smallest absolute Gasteiger partial charge is 0.143 e. The van der Waals surface area contributed by atoms with E-state index in [1.807, 2.05) is 31.2 Å². The molecule has 0 bridgehead atoms. The summed E-state index contributed by atoms with van der Waals surface area (Å²) in [5.74, 6) is 0. The van der Waals surface area contributed by atoms with Crippen LogP contribution in [0.4, 0.5) is 0 Å². The number of fused-ring (bicyclic) bond motifs is 6. The van der Waals surface area contributed by atoms with E-state index < -0.39 is 0 Å². The average Bonchev–Trinajstić information content (AvgIpc) is 3.89. The Hall–Kier alpha value is -7.74. The second-order valence-corrected chi connectivity index (χ2v) is 16.2. The molecule has 11 aromatic rings. The number of rotatable bonds is 6. The Labute approximate surface area is 356 Å². The summed E-state index contributed by atoms with van der Waals surface area (Å²) in [5.41, 5.74) is 18.3. The van der Waals surface area contributed by atoms with Gasteiger partial charge in [-0.25, -0.2) is 0 Å². The largest absolute Gasteiger partial charge is 0.455 e. The molecular formula is C60H42O. The molecule has 61 heavy (non-hydrogen) atoms. The lowest BCUT2D eigenvalue weighted by Gasteiger charge is -2.17. The highest BCUT2D eigenvalue weighted by molar-refractivity contribution is 6.27. The number of furan rings is 1. The topological polar surface area (TPSA) is 13.1 Å². The standard InChI is InChI=1S/C53H32O.C7H10/c1-2-8-40-38(7-1)31-49-39(10-5-12-44(40)49)32-15-17-33(18-16-32)41-27-25-36-23-24-37-26-28-42(47-30-29-46(41)51(36)52(37)47)34-19-21-35(22-20-34)43-11-6-13-48-45-9-3-4-14-50(45)54-53(43)48;1-4-5-6-7(2)3/h1-30H,31H2;4-6H,1-2H2,3H3/b;6-5-. The summed E-state index contributed by atoms with van der Waals surface area (Å²) in [4.78, 5) is 0. The molecule has 1 aromatic heterocycles. The fraction of sp³-hybridized carbons (Fsp3) is 0.0333. The normalized spacial score (nSPS) is 12.0. The average molecular weight is 779 g/mol. The van der Waals surface area contributed by atoms with Crippen LogP contribution < -0.4 is 0 Å². The third-order valence-electron chi connectivity index (χ3n) is 12.5. The van der Waals surface area contributed by atoms with Crippen LogP contribution in [-0.2, 0) is 6.42 Å². The summed E-state index contributed by atoms with van der Waals surface area (Å²) in [6.45, 7) is 9.11. The lowest BCUT2D eigenvalue weighted by Crippen LogP contribution is -1.90. The molecule has 0 saturated heterocycles. The molecule has 0 aliphatic heterocycles. The predicted molar refractivity (Wildman–Crippen MR) is 262 cm³/mol. The van der Waals surface area contributed by atoms with Crippen molar-refractivity contribution in [3.8, 4) is 55.6 Å². The van der Waals surface area contributed by atoms with E-state index in [0.717, 1.165) is 45.1 Å². The minimum absolute atomic E-state index is 0.923. The molecule has 1 aliphatic carbocycles. The highest BCUT2D eigenvalue weighted by Crippen LogP contribution is 2.45. The highest BCUT2D eigenvalue weighted by Gasteiger charge is 2.21. The Balaban J connectivity index is 0.000000556. The maximum absolute atomic E-state index is 6.37. The lowest BCUT2D eigenvalue weighted by atomic mass is 9.86. The van der Waals surface area contributed by atoms with Crippen LogP contribution >= 0.6 is 0 Å². The van der Waals surface area contributed by atoms with E-state index in [1.54, 1.807) is 6.08 Å². The minimum atomic E-state index is 0.923. The zero-order chi connectivity index (χ0) is 41.0. The zero-order valence-corrected chi connectivity index (χ0v) is 34.1. The first-order valence-corrected chi connectivity index (χ1v) is 21.0. The van der Waals surface area contributed by atoms with E-state index in [0.29, 0.717) is 0 Å². The van der Waals surface area contributed by atoms with Crippen molar-refractivity contribution in [1.82, 2.24) is 0 Å². The fourth-order valence-electron chi connectivity index (χ4n) is 9.60. The van der Waals surface area contributed by atoms with Crippen molar-refractivity contribution in [2.24, 2.45) is 0 Å². The molecular weight excluding hydrogens is 737 g/mol. The lowest BCUT2D eigenvalue weighted by molar-refractivity contribution is 0.670. The van der Waals surface area contributed by atoms with Gasteiger partial charge in [-0.2, -0.15) is 0 Å². The van der Waals surface area contributed by atoms with Crippen molar-refractivity contribution in [1.29, 1.82) is 0 Å². The van der Waals surface area contributed by atoms with E-state index >= 15 is 0 Å². The monoisotopic (exact) mass is 778 g/mol. The van der Waals surface area contributed by atoms with Crippen LogP contribution in [0.2, 0.25) is 0 Å². The predicted octanol–water partition coefficient (Wildman–Crippen LogP) is 17.0. The summed E-state index contributed by atoms with van der Waals surface area (Å²) in [6.07, 6.45) is 6.49. The second-order valence-electron chi connectivity index (χ2n) is 16.2. The van der Waals surface area contributed by atoms with Crippen LogP contribution in [0.3, 0.4) is 0 Å². The first-order chi connectivity index (χ1) is 30.0. The quantitative estimate of drug-likeness (QED) is 0.121. The molecule has 12 rings (SSSR count). The molecule has 1 heteroatoms. The Morgan fingerprint density at radius 2 is 0.967 bits per heavy atom. The van der Waals surface area contributed by atoms with Crippen LogP contribution in [0.25, 0.3) is 110 Å². The number of benzene rings is 10. The SMILES string of the molecule is C=C/C=C\C(=C)C.c1ccc2c(c1)Cc1c(-c3ccc(-c4ccc5ccc6ccc(-c7ccc(-c8cccc9c8oc8ccccc89)cc7)c7ccc4c5c67)cc3)cccc1-2. The molecule has 1 aliphatic rings. The van der Waals surface area contributed by atoms with E-state index in [-0.39, 0.29) is 0 Å². The maximum Gasteiger partial charge on any atom is 0.143 e. The van der Waals surface area contributed by atoms with Crippen LogP contribution in [0.1, 0.15) is 18.1 Å². The van der Waals surface area contributed by atoms with Gasteiger partial charge in [0.05, 0.1) is 0 Å². The van der Waals surface area contributed by atoms with Gasteiger partial charge in [0, 0.05) is 16.3 Å². The van der Waals surface area contributed by atoms with Gasteiger partial charge >= 0.3 is 0 Å². The van der Waals surface area contributed by atoms with Crippen molar-refractivity contribution in [3.63, 3.8) is 0 Å². The number of hydrogen-bond donors (Lipinski definition) is 0. The molecule has 0 N–H and O–H groups in total. The molecule has 0 unspecified atom stereocenters. The molecule has 0 saturated carbocycles. The van der Waals surface area contributed by atoms with Crippen molar-refractivity contribution in [2.75, 3.05) is 0 Å². The van der Waals surface area contributed by atoms with Crippen LogP contribution in [0, 0.1) is 0 Å². The summed E-state index contributed by atoms with van der Waals surface area (Å²) < 4.78 is 6.37. The van der Waals surface area contributed by atoms with Gasteiger partial charge < -0.3 is 4.42 Å². The van der Waals surface area contributed by atoms with Gasteiger partial charge in [0.1, 0.15) is 11.2 Å². The van der Waals surface area contributed by atoms with Gasteiger partial charge in [0.25, 0.3) is 0 Å². The molecule has 10 aromatic carbocycles. The molecule has 0 radical (unpaired) electrons. The fourth-order valence-corrected chi connectivity index (χ4v) is 9.60. The van der Waals surface area contributed by atoms with Gasteiger partial charge in [-0.15, -0.1) is 0 Å².